The third-order valence-electron chi connectivity index (χ3n) is 6.46. The molecule has 10 nitrogen and oxygen atoms in total. The molecule has 0 radical (unpaired) electrons. The number of carbonyl (C=O) groups excluding carboxylic acids is 1. The highest BCUT2D eigenvalue weighted by Crippen LogP contribution is 2.40. The highest BCUT2D eigenvalue weighted by Gasteiger charge is 2.29. The number of rotatable bonds is 11. The highest BCUT2D eigenvalue weighted by molar-refractivity contribution is 7.90. The lowest BCUT2D eigenvalue weighted by Gasteiger charge is -2.19. The Kier molecular flexibility index (Phi) is 8.90. The number of carbonyl (C=O) groups is 2. The van der Waals surface area contributed by atoms with Gasteiger partial charge in [0, 0.05) is 31.4 Å². The molecule has 11 heteroatoms. The van der Waals surface area contributed by atoms with Gasteiger partial charge in [-0.2, -0.15) is 5.10 Å². The van der Waals surface area contributed by atoms with E-state index in [-0.39, 0.29) is 35.8 Å². The van der Waals surface area contributed by atoms with Crippen molar-refractivity contribution < 1.29 is 27.9 Å². The van der Waals surface area contributed by atoms with E-state index in [1.807, 2.05) is 13.0 Å². The number of aromatic amines is 1. The largest absolute Gasteiger partial charge is 0.465 e. The fourth-order valence-corrected chi connectivity index (χ4v) is 5.77. The fraction of sp³-hybridized carbons (Fsp3) is 0.542. The zero-order valence-electron chi connectivity index (χ0n) is 20.3. The van der Waals surface area contributed by atoms with Gasteiger partial charge in [-0.1, -0.05) is 19.1 Å². The van der Waals surface area contributed by atoms with Gasteiger partial charge in [-0.15, -0.1) is 0 Å². The van der Waals surface area contributed by atoms with Gasteiger partial charge in [0.25, 0.3) is 0 Å². The molecule has 1 fully saturated rings. The predicted octanol–water partition coefficient (Wildman–Crippen LogP) is 3.46. The Balaban J connectivity index is 1.60. The molecule has 0 saturated heterocycles. The number of ether oxygens (including phenoxy) is 1. The van der Waals surface area contributed by atoms with Crippen LogP contribution in [0.25, 0.3) is 0 Å². The number of carboxylic acid groups (broad SMARTS) is 1. The smallest absolute Gasteiger partial charge is 0.404 e. The first kappa shape index (κ1) is 26.7. The van der Waals surface area contributed by atoms with Gasteiger partial charge in [0.1, 0.15) is 5.82 Å². The number of hydrogen-bond donors (Lipinski definition) is 4. The number of sulfone groups is 1. The van der Waals surface area contributed by atoms with E-state index in [9.17, 15) is 18.0 Å². The van der Waals surface area contributed by atoms with Crippen molar-refractivity contribution in [2.75, 3.05) is 18.7 Å². The second-order valence-corrected chi connectivity index (χ2v) is 11.2. The minimum Gasteiger partial charge on any atom is -0.465 e. The van der Waals surface area contributed by atoms with Crippen LogP contribution in [-0.2, 0) is 32.4 Å². The number of nitrogens with zero attached hydrogens (tertiary/aromatic N) is 1. The van der Waals surface area contributed by atoms with Crippen LogP contribution in [-0.4, -0.2) is 55.1 Å². The fourth-order valence-electron chi connectivity index (χ4n) is 4.79. The number of aromatic nitrogens is 2. The number of amides is 2. The van der Waals surface area contributed by atoms with Gasteiger partial charge < -0.3 is 20.5 Å². The molecule has 3 unspecified atom stereocenters. The van der Waals surface area contributed by atoms with Crippen molar-refractivity contribution in [2.24, 2.45) is 5.92 Å². The Hall–Kier alpha value is -2.92. The van der Waals surface area contributed by atoms with Gasteiger partial charge in [0.15, 0.2) is 9.84 Å². The van der Waals surface area contributed by atoms with Gasteiger partial charge in [0.2, 0.25) is 5.91 Å². The monoisotopic (exact) mass is 506 g/mol. The Morgan fingerprint density at radius 1 is 1.29 bits per heavy atom. The summed E-state index contributed by atoms with van der Waals surface area (Å²) in [5.74, 6) is 0.778. The summed E-state index contributed by atoms with van der Waals surface area (Å²) in [5, 5.41) is 21.6. The normalized spacial score (nSPS) is 18.8. The molecule has 192 valence electrons. The molecule has 3 rings (SSSR count). The molecule has 1 aromatic carbocycles. The van der Waals surface area contributed by atoms with Crippen LogP contribution in [0.3, 0.4) is 0 Å². The van der Waals surface area contributed by atoms with Crippen molar-refractivity contribution in [2.45, 2.75) is 68.9 Å². The molecule has 2 amide bonds. The number of nitrogens with one attached hydrogen (secondary N) is 3. The lowest BCUT2D eigenvalue weighted by Crippen LogP contribution is -2.34. The Labute approximate surface area is 205 Å². The predicted molar refractivity (Wildman–Crippen MR) is 131 cm³/mol. The van der Waals surface area contributed by atoms with Crippen molar-refractivity contribution in [1.29, 1.82) is 0 Å². The number of anilines is 1. The average molecular weight is 507 g/mol. The van der Waals surface area contributed by atoms with Crippen molar-refractivity contribution in [1.82, 2.24) is 15.5 Å². The molecule has 35 heavy (non-hydrogen) atoms. The summed E-state index contributed by atoms with van der Waals surface area (Å²) < 4.78 is 29.6. The molecule has 1 aromatic heterocycles. The number of benzene rings is 1. The van der Waals surface area contributed by atoms with E-state index in [0.29, 0.717) is 22.9 Å². The summed E-state index contributed by atoms with van der Waals surface area (Å²) in [6.45, 7) is 2.26. The first-order valence-corrected chi connectivity index (χ1v) is 13.6. The lowest BCUT2D eigenvalue weighted by atomic mass is 9.95. The van der Waals surface area contributed by atoms with Gasteiger partial charge in [-0.25, -0.2) is 13.2 Å². The molecule has 1 heterocycles. The maximum absolute atomic E-state index is 12.7. The van der Waals surface area contributed by atoms with Crippen LogP contribution >= 0.6 is 0 Å². The van der Waals surface area contributed by atoms with Gasteiger partial charge in [-0.05, 0) is 55.2 Å². The van der Waals surface area contributed by atoms with E-state index in [4.69, 9.17) is 9.84 Å². The zero-order valence-corrected chi connectivity index (χ0v) is 21.2. The van der Waals surface area contributed by atoms with Crippen molar-refractivity contribution in [3.05, 3.63) is 41.1 Å². The average Bonchev–Trinajstić information content (AvgIpc) is 3.43. The summed E-state index contributed by atoms with van der Waals surface area (Å²) in [4.78, 5) is 23.7. The van der Waals surface area contributed by atoms with Crippen LogP contribution in [0.1, 0.15) is 61.8 Å². The Morgan fingerprint density at radius 2 is 2.06 bits per heavy atom. The van der Waals surface area contributed by atoms with Crippen molar-refractivity contribution >= 4 is 27.7 Å². The number of hydrogen-bond acceptors (Lipinski definition) is 6. The molecule has 4 N–H and O–H groups in total. The van der Waals surface area contributed by atoms with E-state index in [1.54, 1.807) is 18.2 Å². The maximum atomic E-state index is 12.7. The third kappa shape index (κ3) is 7.53. The molecule has 0 bridgehead atoms. The maximum Gasteiger partial charge on any atom is 0.404 e. The summed E-state index contributed by atoms with van der Waals surface area (Å²) in [7, 11) is -1.98. The van der Waals surface area contributed by atoms with Crippen LogP contribution in [0, 0.1) is 5.92 Å². The minimum absolute atomic E-state index is 0.0503. The van der Waals surface area contributed by atoms with Crippen LogP contribution in [0.2, 0.25) is 0 Å². The van der Waals surface area contributed by atoms with Gasteiger partial charge in [0.05, 0.1) is 23.6 Å². The molecular formula is C24H34N4O6S. The quantitative estimate of drug-likeness (QED) is 0.364. The van der Waals surface area contributed by atoms with E-state index >= 15 is 0 Å². The molecule has 2 aromatic rings. The van der Waals surface area contributed by atoms with E-state index in [0.717, 1.165) is 44.1 Å². The number of methoxy groups -OCH3 is 1. The van der Waals surface area contributed by atoms with Crippen molar-refractivity contribution in [3.8, 4) is 0 Å². The Morgan fingerprint density at radius 3 is 2.71 bits per heavy atom. The molecule has 0 aliphatic heterocycles. The summed E-state index contributed by atoms with van der Waals surface area (Å²) in [6.07, 6.45) is 4.47. The number of H-pyrrole nitrogens is 1. The minimum atomic E-state index is -3.52. The molecule has 3 atom stereocenters. The van der Waals surface area contributed by atoms with E-state index in [2.05, 4.69) is 20.8 Å². The van der Waals surface area contributed by atoms with Crippen LogP contribution in [0.4, 0.5) is 10.6 Å². The van der Waals surface area contributed by atoms with Gasteiger partial charge >= 0.3 is 6.09 Å². The van der Waals surface area contributed by atoms with Crippen LogP contribution < -0.4 is 10.6 Å². The van der Waals surface area contributed by atoms with Gasteiger partial charge in [-0.3, -0.25) is 9.89 Å². The molecule has 1 aliphatic carbocycles. The third-order valence-corrected chi connectivity index (χ3v) is 7.64. The highest BCUT2D eigenvalue weighted by atomic mass is 32.2. The zero-order chi connectivity index (χ0) is 25.6. The summed E-state index contributed by atoms with van der Waals surface area (Å²) in [5.41, 5.74) is 2.00. The standard InChI is InChI=1S/C24H34N4O6S/c1-4-19(25-24(30)31)10-15-5-7-17(9-15)20-13-22(28-27-20)26-23(29)12-18-8-6-16(14-34-2)11-21(18)35(3,32)33/h6,8,11,13,15,17,19,25H,4-5,7,9-10,12,14H2,1-3H3,(H,30,31)(H2,26,27,28,29). The summed E-state index contributed by atoms with van der Waals surface area (Å²) >= 11 is 0. The molecular weight excluding hydrogens is 472 g/mol. The first-order valence-electron chi connectivity index (χ1n) is 11.7. The SMILES string of the molecule is CCC(CC1CCC(c2cc(NC(=O)Cc3ccc(COC)cc3S(C)(=O)=O)[nH]n2)C1)NC(=O)O. The van der Waals surface area contributed by atoms with E-state index < -0.39 is 15.9 Å². The topological polar surface area (TPSA) is 150 Å². The second kappa shape index (κ2) is 11.7. The van der Waals surface area contributed by atoms with Crippen LogP contribution in [0.15, 0.2) is 29.2 Å². The second-order valence-electron chi connectivity index (χ2n) is 9.25. The molecule has 0 spiro atoms. The van der Waals surface area contributed by atoms with Crippen LogP contribution in [0.5, 0.6) is 0 Å². The summed E-state index contributed by atoms with van der Waals surface area (Å²) in [6, 6.07) is 6.70. The lowest BCUT2D eigenvalue weighted by molar-refractivity contribution is -0.115. The first-order chi connectivity index (χ1) is 16.6. The Bertz CT molecular complexity index is 1150. The molecule has 1 saturated carbocycles. The van der Waals surface area contributed by atoms with Crippen molar-refractivity contribution in [3.63, 3.8) is 0 Å². The molecule has 1 aliphatic rings. The van der Waals surface area contributed by atoms with E-state index in [1.165, 1.54) is 7.11 Å².